The van der Waals surface area contributed by atoms with E-state index in [0.717, 1.165) is 0 Å². The fourth-order valence-electron chi connectivity index (χ4n) is 2.97. The normalized spacial score (nSPS) is 17.7. The third-order valence-electron chi connectivity index (χ3n) is 4.00. The highest BCUT2D eigenvalue weighted by molar-refractivity contribution is 5.98. The fourth-order valence-corrected chi connectivity index (χ4v) is 2.97. The summed E-state index contributed by atoms with van der Waals surface area (Å²) < 4.78 is 27.8. The zero-order valence-corrected chi connectivity index (χ0v) is 11.8. The molecule has 1 atom stereocenters. The maximum absolute atomic E-state index is 13.9. The van der Waals surface area contributed by atoms with Gasteiger partial charge >= 0.3 is 0 Å². The quantitative estimate of drug-likeness (QED) is 0.947. The van der Waals surface area contributed by atoms with E-state index in [1.54, 1.807) is 12.3 Å². The van der Waals surface area contributed by atoms with E-state index in [-0.39, 0.29) is 11.5 Å². The first-order valence-electron chi connectivity index (χ1n) is 7.00. The second-order valence-electron chi connectivity index (χ2n) is 5.32. The van der Waals surface area contributed by atoms with Gasteiger partial charge in [0, 0.05) is 37.0 Å². The molecule has 0 spiro atoms. The zero-order chi connectivity index (χ0) is 15.7. The fraction of sp³-hybridized carbons (Fsp3) is 0.250. The number of anilines is 1. The van der Waals surface area contributed by atoms with E-state index >= 15 is 0 Å². The molecule has 2 N–H and O–H groups in total. The first kappa shape index (κ1) is 14.4. The molecule has 0 aliphatic carbocycles. The second-order valence-corrected chi connectivity index (χ2v) is 5.32. The Morgan fingerprint density at radius 2 is 2.00 bits per heavy atom. The van der Waals surface area contributed by atoms with Crippen molar-refractivity contribution in [2.75, 3.05) is 18.0 Å². The van der Waals surface area contributed by atoms with Gasteiger partial charge in [0.25, 0.3) is 5.91 Å². The van der Waals surface area contributed by atoms with Crippen LogP contribution in [-0.2, 0) is 0 Å². The maximum atomic E-state index is 13.9. The van der Waals surface area contributed by atoms with Crippen molar-refractivity contribution >= 4 is 11.6 Å². The van der Waals surface area contributed by atoms with Crippen LogP contribution in [0.15, 0.2) is 36.7 Å². The average Bonchev–Trinajstić information content (AvgIpc) is 2.96. The third-order valence-corrected chi connectivity index (χ3v) is 4.00. The van der Waals surface area contributed by atoms with E-state index < -0.39 is 17.5 Å². The van der Waals surface area contributed by atoms with E-state index in [1.165, 1.54) is 24.4 Å². The number of hydrogen-bond acceptors (Lipinski definition) is 3. The maximum Gasteiger partial charge on any atom is 0.252 e. The SMILES string of the molecule is NC(=O)c1cnccc1N1CCC(c2c(F)cccc2F)C1. The monoisotopic (exact) mass is 303 g/mol. The molecule has 6 heteroatoms. The Morgan fingerprint density at radius 3 is 2.68 bits per heavy atom. The number of primary amides is 1. The minimum absolute atomic E-state index is 0.111. The number of aromatic nitrogens is 1. The molecule has 0 radical (unpaired) electrons. The summed E-state index contributed by atoms with van der Waals surface area (Å²) in [6.45, 7) is 1.03. The van der Waals surface area contributed by atoms with Crippen LogP contribution in [0.25, 0.3) is 0 Å². The largest absolute Gasteiger partial charge is 0.370 e. The van der Waals surface area contributed by atoms with Crippen molar-refractivity contribution in [3.8, 4) is 0 Å². The van der Waals surface area contributed by atoms with Crippen molar-refractivity contribution in [2.24, 2.45) is 5.73 Å². The van der Waals surface area contributed by atoms with Gasteiger partial charge in [0.15, 0.2) is 0 Å². The number of amides is 1. The molecular weight excluding hydrogens is 288 g/mol. The number of carbonyl (C=O) groups excluding carboxylic acids is 1. The Hall–Kier alpha value is -2.50. The van der Waals surface area contributed by atoms with Gasteiger partial charge in [-0.2, -0.15) is 0 Å². The molecule has 2 heterocycles. The predicted octanol–water partition coefficient (Wildman–Crippen LogP) is 2.45. The van der Waals surface area contributed by atoms with Crippen LogP contribution in [0.2, 0.25) is 0 Å². The summed E-state index contributed by atoms with van der Waals surface area (Å²) in [4.78, 5) is 17.3. The molecule has 1 aliphatic heterocycles. The Labute approximate surface area is 126 Å². The highest BCUT2D eigenvalue weighted by Gasteiger charge is 2.30. The van der Waals surface area contributed by atoms with Crippen LogP contribution in [-0.4, -0.2) is 24.0 Å². The van der Waals surface area contributed by atoms with Gasteiger partial charge < -0.3 is 10.6 Å². The van der Waals surface area contributed by atoms with Crippen molar-refractivity contribution in [1.82, 2.24) is 4.98 Å². The molecule has 1 amide bonds. The molecule has 1 aromatic heterocycles. The van der Waals surface area contributed by atoms with Gasteiger partial charge in [-0.1, -0.05) is 6.07 Å². The van der Waals surface area contributed by atoms with Crippen molar-refractivity contribution in [3.05, 3.63) is 59.4 Å². The molecule has 0 saturated carbocycles. The smallest absolute Gasteiger partial charge is 0.252 e. The number of nitrogens with two attached hydrogens (primary N) is 1. The first-order chi connectivity index (χ1) is 10.6. The number of pyridine rings is 1. The summed E-state index contributed by atoms with van der Waals surface area (Å²) in [5.41, 5.74) is 6.43. The number of benzene rings is 1. The summed E-state index contributed by atoms with van der Waals surface area (Å²) in [7, 11) is 0. The Kier molecular flexibility index (Phi) is 3.75. The van der Waals surface area contributed by atoms with Crippen LogP contribution in [0, 0.1) is 11.6 Å². The van der Waals surface area contributed by atoms with Gasteiger partial charge in [0.1, 0.15) is 11.6 Å². The van der Waals surface area contributed by atoms with Crippen LogP contribution in [0.3, 0.4) is 0 Å². The number of nitrogens with zero attached hydrogens (tertiary/aromatic N) is 2. The molecule has 22 heavy (non-hydrogen) atoms. The lowest BCUT2D eigenvalue weighted by Gasteiger charge is -2.21. The van der Waals surface area contributed by atoms with Gasteiger partial charge in [-0.25, -0.2) is 8.78 Å². The molecule has 1 aromatic carbocycles. The third kappa shape index (κ3) is 2.52. The number of rotatable bonds is 3. The minimum atomic E-state index is -0.566. The molecule has 2 aromatic rings. The molecule has 1 aliphatic rings. The van der Waals surface area contributed by atoms with Crippen LogP contribution in [0.5, 0.6) is 0 Å². The molecule has 4 nitrogen and oxygen atoms in total. The minimum Gasteiger partial charge on any atom is -0.370 e. The average molecular weight is 303 g/mol. The van der Waals surface area contributed by atoms with Crippen molar-refractivity contribution < 1.29 is 13.6 Å². The summed E-state index contributed by atoms with van der Waals surface area (Å²) >= 11 is 0. The standard InChI is InChI=1S/C16H15F2N3O/c17-12-2-1-3-13(18)15(12)10-5-7-21(9-10)14-4-6-20-8-11(14)16(19)22/h1-4,6,8,10H,5,7,9H2,(H2,19,22). The lowest BCUT2D eigenvalue weighted by Crippen LogP contribution is -2.24. The molecule has 1 saturated heterocycles. The van der Waals surface area contributed by atoms with Gasteiger partial charge in [-0.3, -0.25) is 9.78 Å². The molecule has 3 rings (SSSR count). The van der Waals surface area contributed by atoms with Crippen molar-refractivity contribution in [1.29, 1.82) is 0 Å². The van der Waals surface area contributed by atoms with Crippen LogP contribution >= 0.6 is 0 Å². The van der Waals surface area contributed by atoms with Crippen molar-refractivity contribution in [3.63, 3.8) is 0 Å². The van der Waals surface area contributed by atoms with E-state index in [1.807, 2.05) is 4.90 Å². The zero-order valence-electron chi connectivity index (χ0n) is 11.8. The van der Waals surface area contributed by atoms with Gasteiger partial charge in [-0.15, -0.1) is 0 Å². The predicted molar refractivity (Wildman–Crippen MR) is 78.7 cm³/mol. The van der Waals surface area contributed by atoms with E-state index in [9.17, 15) is 13.6 Å². The van der Waals surface area contributed by atoms with Crippen molar-refractivity contribution in [2.45, 2.75) is 12.3 Å². The molecular formula is C16H15F2N3O. The summed E-state index contributed by atoms with van der Waals surface area (Å²) in [6.07, 6.45) is 3.59. The highest BCUT2D eigenvalue weighted by Crippen LogP contribution is 2.34. The van der Waals surface area contributed by atoms with Crippen LogP contribution < -0.4 is 10.6 Å². The van der Waals surface area contributed by atoms with Gasteiger partial charge in [0.2, 0.25) is 0 Å². The summed E-state index contributed by atoms with van der Waals surface area (Å²) in [5.74, 6) is -1.88. The Bertz CT molecular complexity index is 700. The Morgan fingerprint density at radius 1 is 1.27 bits per heavy atom. The van der Waals surface area contributed by atoms with Gasteiger partial charge in [-0.05, 0) is 24.6 Å². The lowest BCUT2D eigenvalue weighted by atomic mass is 9.97. The topological polar surface area (TPSA) is 59.2 Å². The molecule has 1 fully saturated rings. The number of carbonyl (C=O) groups is 1. The van der Waals surface area contributed by atoms with Gasteiger partial charge in [0.05, 0.1) is 11.3 Å². The van der Waals surface area contributed by atoms with Crippen LogP contribution in [0.1, 0.15) is 28.3 Å². The van der Waals surface area contributed by atoms with E-state index in [4.69, 9.17) is 5.73 Å². The first-order valence-corrected chi connectivity index (χ1v) is 7.00. The lowest BCUT2D eigenvalue weighted by molar-refractivity contribution is 0.100. The number of halogens is 2. The summed E-state index contributed by atoms with van der Waals surface area (Å²) in [5, 5.41) is 0. The van der Waals surface area contributed by atoms with E-state index in [2.05, 4.69) is 4.98 Å². The molecule has 0 bridgehead atoms. The molecule has 114 valence electrons. The summed E-state index contributed by atoms with van der Waals surface area (Å²) in [6, 6.07) is 5.58. The number of hydrogen-bond donors (Lipinski definition) is 1. The molecule has 1 unspecified atom stereocenters. The highest BCUT2D eigenvalue weighted by atomic mass is 19.1. The van der Waals surface area contributed by atoms with E-state index in [0.29, 0.717) is 30.8 Å². The second kappa shape index (κ2) is 5.71. The van der Waals surface area contributed by atoms with Crippen LogP contribution in [0.4, 0.5) is 14.5 Å². The Balaban J connectivity index is 1.89.